The monoisotopic (exact) mass is 300 g/mol. The molecule has 0 fully saturated rings. The van der Waals surface area contributed by atoms with E-state index in [-0.39, 0.29) is 6.61 Å². The molecule has 0 aromatic heterocycles. The summed E-state index contributed by atoms with van der Waals surface area (Å²) in [7, 11) is 1.94. The van der Waals surface area contributed by atoms with E-state index in [1.807, 2.05) is 7.05 Å². The van der Waals surface area contributed by atoms with Gasteiger partial charge in [0, 0.05) is 29.3 Å². The topological polar surface area (TPSA) is 35.5 Å². The maximum absolute atomic E-state index is 9.09. The van der Waals surface area contributed by atoms with Crippen molar-refractivity contribution in [3.8, 4) is 0 Å². The fourth-order valence-electron chi connectivity index (χ4n) is 1.84. The third kappa shape index (κ3) is 3.98. The van der Waals surface area contributed by atoms with Gasteiger partial charge in [-0.1, -0.05) is 22.0 Å². The highest BCUT2D eigenvalue weighted by molar-refractivity contribution is 9.10. The van der Waals surface area contributed by atoms with Crippen LogP contribution in [0.2, 0.25) is 0 Å². The van der Waals surface area contributed by atoms with Gasteiger partial charge in [-0.05, 0) is 38.6 Å². The Balaban J connectivity index is 2.93. The number of anilines is 1. The van der Waals surface area contributed by atoms with Gasteiger partial charge in [0.1, 0.15) is 0 Å². The van der Waals surface area contributed by atoms with E-state index < -0.39 is 0 Å². The molecule has 0 bridgehead atoms. The fraction of sp³-hybridized carbons (Fsp3) is 0.538. The summed E-state index contributed by atoms with van der Waals surface area (Å²) in [5, 5.41) is 12.2. The van der Waals surface area contributed by atoms with Crippen LogP contribution in [0.3, 0.4) is 0 Å². The van der Waals surface area contributed by atoms with Gasteiger partial charge < -0.3 is 15.3 Å². The van der Waals surface area contributed by atoms with Gasteiger partial charge in [0.15, 0.2) is 0 Å². The van der Waals surface area contributed by atoms with Crippen molar-refractivity contribution in [2.24, 2.45) is 0 Å². The number of benzene rings is 1. The second-order valence-corrected chi connectivity index (χ2v) is 5.17. The van der Waals surface area contributed by atoms with Crippen molar-refractivity contribution in [1.29, 1.82) is 0 Å². The smallest absolute Gasteiger partial charge is 0.0606 e. The lowest BCUT2D eigenvalue weighted by Gasteiger charge is -2.28. The van der Waals surface area contributed by atoms with Crippen LogP contribution >= 0.6 is 15.9 Å². The SMILES string of the molecule is CNCc1ccc(N(CCO)C(C)C)cc1Br. The van der Waals surface area contributed by atoms with Crippen molar-refractivity contribution >= 4 is 21.6 Å². The first kappa shape index (κ1) is 14.5. The van der Waals surface area contributed by atoms with E-state index >= 15 is 0 Å². The first-order chi connectivity index (χ1) is 8.10. The van der Waals surface area contributed by atoms with Gasteiger partial charge in [-0.15, -0.1) is 0 Å². The van der Waals surface area contributed by atoms with E-state index in [0.29, 0.717) is 12.6 Å². The molecule has 1 aromatic rings. The molecule has 0 saturated carbocycles. The Morgan fingerprint density at radius 2 is 2.12 bits per heavy atom. The normalized spacial score (nSPS) is 10.9. The molecular formula is C13H21BrN2O. The minimum absolute atomic E-state index is 0.175. The van der Waals surface area contributed by atoms with Gasteiger partial charge in [-0.3, -0.25) is 0 Å². The Bertz CT molecular complexity index is 355. The second-order valence-electron chi connectivity index (χ2n) is 4.32. The molecular weight excluding hydrogens is 280 g/mol. The van der Waals surface area contributed by atoms with Crippen LogP contribution in [0, 0.1) is 0 Å². The number of hydrogen-bond donors (Lipinski definition) is 2. The van der Waals surface area contributed by atoms with Gasteiger partial charge in [0.2, 0.25) is 0 Å². The van der Waals surface area contributed by atoms with Crippen LogP contribution in [0.1, 0.15) is 19.4 Å². The Morgan fingerprint density at radius 1 is 1.41 bits per heavy atom. The highest BCUT2D eigenvalue weighted by Crippen LogP contribution is 2.25. The van der Waals surface area contributed by atoms with Crippen molar-refractivity contribution in [1.82, 2.24) is 5.32 Å². The Morgan fingerprint density at radius 3 is 2.59 bits per heavy atom. The quantitative estimate of drug-likeness (QED) is 0.847. The molecule has 0 aliphatic heterocycles. The average Bonchev–Trinajstić information content (AvgIpc) is 2.28. The summed E-state index contributed by atoms with van der Waals surface area (Å²) in [6.45, 7) is 5.95. The standard InChI is InChI=1S/C13H21BrN2O/c1-10(2)16(6-7-17)12-5-4-11(9-15-3)13(14)8-12/h4-5,8,10,15,17H,6-7,9H2,1-3H3. The lowest BCUT2D eigenvalue weighted by atomic mass is 10.1. The van der Waals surface area contributed by atoms with E-state index in [9.17, 15) is 0 Å². The molecule has 1 rings (SSSR count). The Hall–Kier alpha value is -0.580. The van der Waals surface area contributed by atoms with Crippen molar-refractivity contribution in [3.63, 3.8) is 0 Å². The zero-order chi connectivity index (χ0) is 12.8. The van der Waals surface area contributed by atoms with Gasteiger partial charge in [-0.2, -0.15) is 0 Å². The molecule has 96 valence electrons. The molecule has 4 heteroatoms. The van der Waals surface area contributed by atoms with E-state index in [4.69, 9.17) is 5.11 Å². The minimum atomic E-state index is 0.175. The highest BCUT2D eigenvalue weighted by atomic mass is 79.9. The number of hydrogen-bond acceptors (Lipinski definition) is 3. The lowest BCUT2D eigenvalue weighted by Crippen LogP contribution is -2.33. The first-order valence-corrected chi connectivity index (χ1v) is 6.70. The molecule has 1 aromatic carbocycles. The van der Waals surface area contributed by atoms with Crippen molar-refractivity contribution < 1.29 is 5.11 Å². The molecule has 0 radical (unpaired) electrons. The van der Waals surface area contributed by atoms with Crippen LogP contribution in [0.4, 0.5) is 5.69 Å². The molecule has 0 heterocycles. The zero-order valence-corrected chi connectivity index (χ0v) is 12.3. The van der Waals surface area contributed by atoms with Gasteiger partial charge in [0.25, 0.3) is 0 Å². The van der Waals surface area contributed by atoms with Crippen LogP contribution in [0.5, 0.6) is 0 Å². The number of nitrogens with zero attached hydrogens (tertiary/aromatic N) is 1. The molecule has 0 atom stereocenters. The van der Waals surface area contributed by atoms with Crippen LogP contribution < -0.4 is 10.2 Å². The summed E-state index contributed by atoms with van der Waals surface area (Å²) in [5.41, 5.74) is 2.38. The van der Waals surface area contributed by atoms with Crippen LogP contribution in [0.25, 0.3) is 0 Å². The summed E-state index contributed by atoms with van der Waals surface area (Å²) in [6, 6.07) is 6.71. The van der Waals surface area contributed by atoms with E-state index in [1.165, 1.54) is 5.56 Å². The van der Waals surface area contributed by atoms with E-state index in [2.05, 4.69) is 58.2 Å². The molecule has 0 aliphatic carbocycles. The number of rotatable bonds is 6. The molecule has 2 N–H and O–H groups in total. The number of aliphatic hydroxyl groups is 1. The first-order valence-electron chi connectivity index (χ1n) is 5.90. The third-order valence-electron chi connectivity index (χ3n) is 2.70. The zero-order valence-electron chi connectivity index (χ0n) is 10.7. The fourth-order valence-corrected chi connectivity index (χ4v) is 2.35. The van der Waals surface area contributed by atoms with E-state index in [1.54, 1.807) is 0 Å². The Labute approximate surface area is 112 Å². The van der Waals surface area contributed by atoms with Gasteiger partial charge in [0.05, 0.1) is 6.61 Å². The minimum Gasteiger partial charge on any atom is -0.395 e. The van der Waals surface area contributed by atoms with Crippen molar-refractivity contribution in [2.75, 3.05) is 25.1 Å². The maximum Gasteiger partial charge on any atom is 0.0606 e. The second kappa shape index (κ2) is 6.99. The average molecular weight is 301 g/mol. The van der Waals surface area contributed by atoms with Crippen molar-refractivity contribution in [2.45, 2.75) is 26.4 Å². The largest absolute Gasteiger partial charge is 0.395 e. The predicted octanol–water partition coefficient (Wildman–Crippen LogP) is 2.38. The predicted molar refractivity (Wildman–Crippen MR) is 76.5 cm³/mol. The summed E-state index contributed by atoms with van der Waals surface area (Å²) in [5.74, 6) is 0. The molecule has 0 spiro atoms. The summed E-state index contributed by atoms with van der Waals surface area (Å²) < 4.78 is 1.10. The van der Waals surface area contributed by atoms with Crippen LogP contribution in [0.15, 0.2) is 22.7 Å². The number of nitrogens with one attached hydrogen (secondary N) is 1. The number of aliphatic hydroxyl groups excluding tert-OH is 1. The molecule has 3 nitrogen and oxygen atoms in total. The van der Waals surface area contributed by atoms with Gasteiger partial charge >= 0.3 is 0 Å². The van der Waals surface area contributed by atoms with E-state index in [0.717, 1.165) is 16.7 Å². The molecule has 0 saturated heterocycles. The summed E-state index contributed by atoms with van der Waals surface area (Å²) in [4.78, 5) is 2.19. The lowest BCUT2D eigenvalue weighted by molar-refractivity contribution is 0.299. The maximum atomic E-state index is 9.09. The Kier molecular flexibility index (Phi) is 5.95. The van der Waals surface area contributed by atoms with Crippen molar-refractivity contribution in [3.05, 3.63) is 28.2 Å². The van der Waals surface area contributed by atoms with Crippen LogP contribution in [-0.2, 0) is 6.54 Å². The summed E-state index contributed by atoms with van der Waals surface area (Å²) in [6.07, 6.45) is 0. The molecule has 0 aliphatic rings. The molecule has 0 amide bonds. The summed E-state index contributed by atoms with van der Waals surface area (Å²) >= 11 is 3.59. The molecule has 17 heavy (non-hydrogen) atoms. The highest BCUT2D eigenvalue weighted by Gasteiger charge is 2.11. The van der Waals surface area contributed by atoms with Crippen LogP contribution in [-0.4, -0.2) is 31.3 Å². The third-order valence-corrected chi connectivity index (χ3v) is 3.44. The molecule has 0 unspecified atom stereocenters. The van der Waals surface area contributed by atoms with Gasteiger partial charge in [-0.25, -0.2) is 0 Å². The number of halogens is 1.